The van der Waals surface area contributed by atoms with Gasteiger partial charge in [-0.1, -0.05) is 66.7 Å². The summed E-state index contributed by atoms with van der Waals surface area (Å²) in [6.45, 7) is 2.58. The smallest absolute Gasteiger partial charge is 0.241 e. The standard InChI is InChI=1S/C39H48N4O5/c1-44-39(45-2)30-16-18-31(19-17-30)48-32-22-24-43(25-23-32)35-15-9-14-33(37(35)40)41-34-20-21-36(46-26-28-10-5-3-6-11-28)42-38(34)47-27-29-12-7-4-8-13-29/h3-15,20-21,30-32,39,41H,16-19,22-27,40H2,1-2H3. The number of hydrogen-bond acceptors (Lipinski definition) is 9. The zero-order valence-corrected chi connectivity index (χ0v) is 28.1. The molecule has 0 unspecified atom stereocenters. The van der Waals surface area contributed by atoms with Crippen LogP contribution in [0.1, 0.15) is 49.7 Å². The second-order valence-corrected chi connectivity index (χ2v) is 12.6. The topological polar surface area (TPSA) is 100 Å². The van der Waals surface area contributed by atoms with Crippen molar-refractivity contribution in [3.63, 3.8) is 0 Å². The van der Waals surface area contributed by atoms with Crippen LogP contribution in [0.5, 0.6) is 11.8 Å². The Bertz CT molecular complexity index is 1550. The summed E-state index contributed by atoms with van der Waals surface area (Å²) in [4.78, 5) is 7.10. The fourth-order valence-corrected chi connectivity index (χ4v) is 6.73. The summed E-state index contributed by atoms with van der Waals surface area (Å²) >= 11 is 0. The molecule has 0 amide bonds. The molecule has 48 heavy (non-hydrogen) atoms. The lowest BCUT2D eigenvalue weighted by atomic mass is 9.86. The van der Waals surface area contributed by atoms with Crippen molar-refractivity contribution >= 4 is 22.7 Å². The molecule has 0 bridgehead atoms. The number of methoxy groups -OCH3 is 2. The van der Waals surface area contributed by atoms with Gasteiger partial charge in [0.2, 0.25) is 11.8 Å². The van der Waals surface area contributed by atoms with Crippen molar-refractivity contribution < 1.29 is 23.7 Å². The van der Waals surface area contributed by atoms with Gasteiger partial charge in [-0.15, -0.1) is 0 Å². The summed E-state index contributed by atoms with van der Waals surface area (Å²) in [6.07, 6.45) is 6.67. The summed E-state index contributed by atoms with van der Waals surface area (Å²) in [5.41, 5.74) is 12.2. The van der Waals surface area contributed by atoms with Gasteiger partial charge in [-0.25, -0.2) is 0 Å². The molecule has 4 aromatic rings. The molecule has 0 atom stereocenters. The molecule has 1 saturated heterocycles. The van der Waals surface area contributed by atoms with Crippen molar-refractivity contribution in [3.8, 4) is 11.8 Å². The number of nitrogens with zero attached hydrogens (tertiary/aromatic N) is 2. The lowest BCUT2D eigenvalue weighted by Crippen LogP contribution is -2.40. The average Bonchev–Trinajstić information content (AvgIpc) is 3.14. The zero-order chi connectivity index (χ0) is 33.1. The van der Waals surface area contributed by atoms with Crippen LogP contribution in [0.25, 0.3) is 0 Å². The van der Waals surface area contributed by atoms with E-state index in [4.69, 9.17) is 34.4 Å². The first-order valence-electron chi connectivity index (χ1n) is 17.1. The number of nitrogens with two attached hydrogens (primary N) is 1. The minimum atomic E-state index is -0.118. The summed E-state index contributed by atoms with van der Waals surface area (Å²) in [5.74, 6) is 1.38. The van der Waals surface area contributed by atoms with Gasteiger partial charge in [0.1, 0.15) is 18.9 Å². The Kier molecular flexibility index (Phi) is 11.7. The van der Waals surface area contributed by atoms with E-state index in [1.54, 1.807) is 14.2 Å². The maximum Gasteiger partial charge on any atom is 0.241 e. The lowest BCUT2D eigenvalue weighted by Gasteiger charge is -2.38. The maximum atomic E-state index is 6.82. The molecular weight excluding hydrogens is 604 g/mol. The number of anilines is 4. The number of hydrogen-bond donors (Lipinski definition) is 2. The third kappa shape index (κ3) is 8.78. The number of rotatable bonds is 14. The number of nitrogen functional groups attached to an aromatic ring is 1. The van der Waals surface area contributed by atoms with Crippen LogP contribution in [0.3, 0.4) is 0 Å². The van der Waals surface area contributed by atoms with Crippen LogP contribution in [0.2, 0.25) is 0 Å². The molecule has 9 nitrogen and oxygen atoms in total. The third-order valence-electron chi connectivity index (χ3n) is 9.37. The molecular formula is C39H48N4O5. The van der Waals surface area contributed by atoms with Crippen LogP contribution in [-0.2, 0) is 27.4 Å². The van der Waals surface area contributed by atoms with Crippen LogP contribution in [0.4, 0.5) is 22.7 Å². The van der Waals surface area contributed by atoms with Crippen LogP contribution in [0.15, 0.2) is 91.0 Å². The summed E-state index contributed by atoms with van der Waals surface area (Å²) < 4.78 is 29.8. The molecule has 2 heterocycles. The molecule has 1 aliphatic heterocycles. The second-order valence-electron chi connectivity index (χ2n) is 12.6. The molecule has 9 heteroatoms. The minimum absolute atomic E-state index is 0.118. The highest BCUT2D eigenvalue weighted by molar-refractivity contribution is 5.84. The Morgan fingerprint density at radius 2 is 1.33 bits per heavy atom. The SMILES string of the molecule is COC(OC)C1CCC(OC2CCN(c3cccc(Nc4ccc(OCc5ccccc5)nc4OCc4ccccc4)c3N)CC2)CC1. The van der Waals surface area contributed by atoms with E-state index in [0.29, 0.717) is 48.4 Å². The number of nitrogens with one attached hydrogen (secondary N) is 1. The van der Waals surface area contributed by atoms with Crippen molar-refractivity contribution in [1.82, 2.24) is 4.98 Å². The quantitative estimate of drug-likeness (QED) is 0.105. The summed E-state index contributed by atoms with van der Waals surface area (Å²) in [6, 6.07) is 30.0. The Morgan fingerprint density at radius 1 is 0.708 bits per heavy atom. The van der Waals surface area contributed by atoms with E-state index in [0.717, 1.165) is 74.1 Å². The van der Waals surface area contributed by atoms with E-state index in [-0.39, 0.29) is 12.4 Å². The fraction of sp³-hybridized carbons (Fsp3) is 0.410. The van der Waals surface area contributed by atoms with Crippen LogP contribution < -0.4 is 25.4 Å². The number of benzene rings is 3. The minimum Gasteiger partial charge on any atom is -0.473 e. The highest BCUT2D eigenvalue weighted by Gasteiger charge is 2.31. The second kappa shape index (κ2) is 16.7. The molecule has 1 saturated carbocycles. The fourth-order valence-electron chi connectivity index (χ4n) is 6.73. The molecule has 2 aliphatic rings. The van der Waals surface area contributed by atoms with Gasteiger partial charge in [0.05, 0.1) is 29.3 Å². The Labute approximate surface area is 284 Å². The van der Waals surface area contributed by atoms with Crippen LogP contribution in [0, 0.1) is 5.92 Å². The largest absolute Gasteiger partial charge is 0.473 e. The number of pyridine rings is 1. The normalized spacial score (nSPS) is 18.5. The highest BCUT2D eigenvalue weighted by Crippen LogP contribution is 2.38. The molecule has 0 spiro atoms. The monoisotopic (exact) mass is 652 g/mol. The van der Waals surface area contributed by atoms with E-state index in [2.05, 4.69) is 16.3 Å². The first-order chi connectivity index (χ1) is 23.6. The first-order valence-corrected chi connectivity index (χ1v) is 17.1. The van der Waals surface area contributed by atoms with E-state index in [1.165, 1.54) is 0 Å². The van der Waals surface area contributed by atoms with E-state index in [9.17, 15) is 0 Å². The van der Waals surface area contributed by atoms with Crippen LogP contribution >= 0.6 is 0 Å². The van der Waals surface area contributed by atoms with Gasteiger partial charge in [-0.3, -0.25) is 0 Å². The third-order valence-corrected chi connectivity index (χ3v) is 9.37. The van der Waals surface area contributed by atoms with Gasteiger partial charge in [-0.05, 0) is 67.9 Å². The predicted octanol–water partition coefficient (Wildman–Crippen LogP) is 7.73. The molecule has 3 N–H and O–H groups in total. The van der Waals surface area contributed by atoms with Crippen LogP contribution in [-0.4, -0.2) is 50.8 Å². The Hall–Kier alpha value is -4.31. The summed E-state index contributed by atoms with van der Waals surface area (Å²) in [5, 5.41) is 3.50. The lowest BCUT2D eigenvalue weighted by molar-refractivity contribution is -0.153. The number of para-hydroxylation sites is 1. The molecule has 1 aliphatic carbocycles. The van der Waals surface area contributed by atoms with Gasteiger partial charge in [0.25, 0.3) is 0 Å². The van der Waals surface area contributed by atoms with E-state index < -0.39 is 0 Å². The Morgan fingerprint density at radius 3 is 1.98 bits per heavy atom. The molecule has 2 fully saturated rings. The van der Waals surface area contributed by atoms with E-state index >= 15 is 0 Å². The number of piperidine rings is 1. The zero-order valence-electron chi connectivity index (χ0n) is 28.1. The first kappa shape index (κ1) is 33.6. The molecule has 6 rings (SSSR count). The van der Waals surface area contributed by atoms with Gasteiger partial charge in [0.15, 0.2) is 6.29 Å². The number of ether oxygens (including phenoxy) is 5. The van der Waals surface area contributed by atoms with Crippen molar-refractivity contribution in [3.05, 3.63) is 102 Å². The molecule has 254 valence electrons. The maximum absolute atomic E-state index is 6.82. The van der Waals surface area contributed by atoms with Gasteiger partial charge >= 0.3 is 0 Å². The average molecular weight is 653 g/mol. The summed E-state index contributed by atoms with van der Waals surface area (Å²) in [7, 11) is 3.44. The molecule has 0 radical (unpaired) electrons. The highest BCUT2D eigenvalue weighted by atomic mass is 16.7. The predicted molar refractivity (Wildman–Crippen MR) is 190 cm³/mol. The van der Waals surface area contributed by atoms with Gasteiger partial charge < -0.3 is 39.6 Å². The van der Waals surface area contributed by atoms with Crippen molar-refractivity contribution in [1.29, 1.82) is 0 Å². The van der Waals surface area contributed by atoms with Crippen molar-refractivity contribution in [2.24, 2.45) is 5.92 Å². The van der Waals surface area contributed by atoms with Gasteiger partial charge in [-0.2, -0.15) is 4.98 Å². The molecule has 3 aromatic carbocycles. The molecule has 1 aromatic heterocycles. The van der Waals surface area contributed by atoms with E-state index in [1.807, 2.05) is 84.9 Å². The van der Waals surface area contributed by atoms with Crippen molar-refractivity contribution in [2.45, 2.75) is 70.2 Å². The van der Waals surface area contributed by atoms with Crippen molar-refractivity contribution in [2.75, 3.05) is 43.3 Å². The Balaban J connectivity index is 1.09. The van der Waals surface area contributed by atoms with Gasteiger partial charge in [0, 0.05) is 39.3 Å². The number of aromatic nitrogens is 1.